The van der Waals surface area contributed by atoms with Crippen molar-refractivity contribution >= 4 is 11.8 Å². The van der Waals surface area contributed by atoms with Crippen LogP contribution in [0.25, 0.3) is 0 Å². The molecule has 1 aromatic rings. The van der Waals surface area contributed by atoms with Crippen LogP contribution in [0.3, 0.4) is 0 Å². The molecule has 2 N–H and O–H groups in total. The van der Waals surface area contributed by atoms with E-state index in [9.17, 15) is 9.59 Å². The van der Waals surface area contributed by atoms with E-state index in [1.165, 1.54) is 6.26 Å². The largest absolute Gasteiger partial charge is 0.459 e. The number of amides is 2. The van der Waals surface area contributed by atoms with Crippen molar-refractivity contribution in [1.82, 2.24) is 10.6 Å². The van der Waals surface area contributed by atoms with Gasteiger partial charge in [0, 0.05) is 19.0 Å². The quantitative estimate of drug-likeness (QED) is 0.731. The minimum Gasteiger partial charge on any atom is -0.459 e. The third-order valence-corrected chi connectivity index (χ3v) is 2.51. The zero-order chi connectivity index (χ0) is 12.7. The summed E-state index contributed by atoms with van der Waals surface area (Å²) in [6, 6.07) is 3.24. The molecule has 94 valence electrons. The SMILES string of the molecule is CCC(C)C(=O)NCCNC(=O)c1ccco1. The van der Waals surface area contributed by atoms with Crippen molar-refractivity contribution in [3.63, 3.8) is 0 Å². The maximum absolute atomic E-state index is 11.4. The van der Waals surface area contributed by atoms with Gasteiger partial charge >= 0.3 is 0 Å². The first-order valence-corrected chi connectivity index (χ1v) is 5.74. The van der Waals surface area contributed by atoms with Crippen LogP contribution in [0, 0.1) is 5.92 Å². The summed E-state index contributed by atoms with van der Waals surface area (Å²) in [6.07, 6.45) is 2.25. The van der Waals surface area contributed by atoms with Gasteiger partial charge in [0.25, 0.3) is 5.91 Å². The molecule has 0 aliphatic rings. The van der Waals surface area contributed by atoms with Crippen LogP contribution in [0.15, 0.2) is 22.8 Å². The third kappa shape index (κ3) is 4.30. The topological polar surface area (TPSA) is 71.3 Å². The maximum Gasteiger partial charge on any atom is 0.287 e. The van der Waals surface area contributed by atoms with E-state index in [-0.39, 0.29) is 23.5 Å². The van der Waals surface area contributed by atoms with E-state index in [1.807, 2.05) is 13.8 Å². The first kappa shape index (κ1) is 13.3. The molecule has 5 nitrogen and oxygen atoms in total. The minimum atomic E-state index is -0.271. The molecule has 0 bridgehead atoms. The monoisotopic (exact) mass is 238 g/mol. The Morgan fingerprint density at radius 1 is 1.35 bits per heavy atom. The molecule has 0 aliphatic carbocycles. The van der Waals surface area contributed by atoms with Gasteiger partial charge in [-0.25, -0.2) is 0 Å². The molecule has 1 heterocycles. The second-order valence-electron chi connectivity index (χ2n) is 3.83. The number of rotatable bonds is 6. The van der Waals surface area contributed by atoms with Crippen LogP contribution in [0.5, 0.6) is 0 Å². The van der Waals surface area contributed by atoms with E-state index in [0.717, 1.165) is 6.42 Å². The predicted molar refractivity (Wildman–Crippen MR) is 63.5 cm³/mol. The lowest BCUT2D eigenvalue weighted by atomic mass is 10.1. The lowest BCUT2D eigenvalue weighted by Gasteiger charge is -2.09. The number of nitrogens with one attached hydrogen (secondary N) is 2. The first-order valence-electron chi connectivity index (χ1n) is 5.74. The number of carbonyl (C=O) groups is 2. The lowest BCUT2D eigenvalue weighted by Crippen LogP contribution is -2.36. The molecule has 0 aliphatic heterocycles. The molecule has 1 rings (SSSR count). The van der Waals surface area contributed by atoms with Crippen LogP contribution in [0.1, 0.15) is 30.8 Å². The summed E-state index contributed by atoms with van der Waals surface area (Å²) >= 11 is 0. The van der Waals surface area contributed by atoms with Gasteiger partial charge in [-0.3, -0.25) is 9.59 Å². The highest BCUT2D eigenvalue weighted by atomic mass is 16.3. The van der Waals surface area contributed by atoms with Crippen LogP contribution in [0.4, 0.5) is 0 Å². The van der Waals surface area contributed by atoms with Crippen LogP contribution in [0.2, 0.25) is 0 Å². The smallest absolute Gasteiger partial charge is 0.287 e. The number of carbonyl (C=O) groups excluding carboxylic acids is 2. The fraction of sp³-hybridized carbons (Fsp3) is 0.500. The van der Waals surface area contributed by atoms with Crippen molar-refractivity contribution in [1.29, 1.82) is 0 Å². The highest BCUT2D eigenvalue weighted by Crippen LogP contribution is 1.99. The Balaban J connectivity index is 2.16. The molecule has 1 unspecified atom stereocenters. The summed E-state index contributed by atoms with van der Waals surface area (Å²) in [5, 5.41) is 5.40. The molecule has 1 aromatic heterocycles. The fourth-order valence-corrected chi connectivity index (χ4v) is 1.22. The van der Waals surface area contributed by atoms with E-state index in [2.05, 4.69) is 10.6 Å². The van der Waals surface area contributed by atoms with Crippen LogP contribution in [-0.4, -0.2) is 24.9 Å². The molecule has 5 heteroatoms. The number of hydrogen-bond donors (Lipinski definition) is 2. The van der Waals surface area contributed by atoms with E-state index in [4.69, 9.17) is 4.42 Å². The Hall–Kier alpha value is -1.78. The summed E-state index contributed by atoms with van der Waals surface area (Å²) < 4.78 is 4.93. The van der Waals surface area contributed by atoms with Crippen molar-refractivity contribution in [2.45, 2.75) is 20.3 Å². The molecule has 0 saturated heterocycles. The average molecular weight is 238 g/mol. The maximum atomic E-state index is 11.4. The molecule has 0 saturated carbocycles. The third-order valence-electron chi connectivity index (χ3n) is 2.51. The Bertz CT molecular complexity index is 360. The standard InChI is InChI=1S/C12H18N2O3/c1-3-9(2)11(15)13-6-7-14-12(16)10-5-4-8-17-10/h4-5,8-9H,3,6-7H2,1-2H3,(H,13,15)(H,14,16). The van der Waals surface area contributed by atoms with E-state index in [1.54, 1.807) is 12.1 Å². The molecule has 1 atom stereocenters. The van der Waals surface area contributed by atoms with Gasteiger partial charge in [-0.2, -0.15) is 0 Å². The van der Waals surface area contributed by atoms with Gasteiger partial charge in [-0.05, 0) is 18.6 Å². The van der Waals surface area contributed by atoms with Crippen molar-refractivity contribution in [2.24, 2.45) is 5.92 Å². The summed E-state index contributed by atoms with van der Waals surface area (Å²) in [5.41, 5.74) is 0. The molecule has 2 amide bonds. The Morgan fingerprint density at radius 2 is 2.06 bits per heavy atom. The van der Waals surface area contributed by atoms with Crippen molar-refractivity contribution in [2.75, 3.05) is 13.1 Å². The average Bonchev–Trinajstić information content (AvgIpc) is 2.86. The minimum absolute atomic E-state index is 0.00998. The van der Waals surface area contributed by atoms with Crippen LogP contribution >= 0.6 is 0 Å². The molecular weight excluding hydrogens is 220 g/mol. The van der Waals surface area contributed by atoms with Gasteiger partial charge in [-0.15, -0.1) is 0 Å². The molecule has 0 radical (unpaired) electrons. The Kier molecular flexibility index (Phi) is 5.26. The summed E-state index contributed by atoms with van der Waals surface area (Å²) in [6.45, 7) is 4.65. The lowest BCUT2D eigenvalue weighted by molar-refractivity contribution is -0.124. The van der Waals surface area contributed by atoms with E-state index >= 15 is 0 Å². The number of furan rings is 1. The normalized spacial score (nSPS) is 11.9. The van der Waals surface area contributed by atoms with Gasteiger partial charge in [0.1, 0.15) is 0 Å². The zero-order valence-electron chi connectivity index (χ0n) is 10.2. The molecule has 17 heavy (non-hydrogen) atoms. The van der Waals surface area contributed by atoms with E-state index in [0.29, 0.717) is 13.1 Å². The highest BCUT2D eigenvalue weighted by Gasteiger charge is 2.10. The van der Waals surface area contributed by atoms with Crippen molar-refractivity contribution in [3.05, 3.63) is 24.2 Å². The molecule has 0 fully saturated rings. The van der Waals surface area contributed by atoms with Crippen molar-refractivity contribution < 1.29 is 14.0 Å². The van der Waals surface area contributed by atoms with Gasteiger partial charge < -0.3 is 15.1 Å². The second-order valence-corrected chi connectivity index (χ2v) is 3.83. The van der Waals surface area contributed by atoms with Crippen LogP contribution in [-0.2, 0) is 4.79 Å². The summed E-state index contributed by atoms with van der Waals surface area (Å²) in [5.74, 6) is 0.0292. The molecule has 0 aromatic carbocycles. The van der Waals surface area contributed by atoms with Gasteiger partial charge in [0.15, 0.2) is 5.76 Å². The van der Waals surface area contributed by atoms with Crippen molar-refractivity contribution in [3.8, 4) is 0 Å². The molecule has 0 spiro atoms. The predicted octanol–water partition coefficient (Wildman–Crippen LogP) is 1.17. The highest BCUT2D eigenvalue weighted by molar-refractivity contribution is 5.91. The first-order chi connectivity index (χ1) is 8.15. The van der Waals surface area contributed by atoms with E-state index < -0.39 is 0 Å². The fourth-order valence-electron chi connectivity index (χ4n) is 1.22. The summed E-state index contributed by atoms with van der Waals surface area (Å²) in [4.78, 5) is 22.8. The van der Waals surface area contributed by atoms with Crippen LogP contribution < -0.4 is 10.6 Å². The molecular formula is C12H18N2O3. The van der Waals surface area contributed by atoms with Gasteiger partial charge in [0.05, 0.1) is 6.26 Å². The van der Waals surface area contributed by atoms with Gasteiger partial charge in [0.2, 0.25) is 5.91 Å². The Morgan fingerprint density at radius 3 is 2.65 bits per heavy atom. The second kappa shape index (κ2) is 6.73. The van der Waals surface area contributed by atoms with Gasteiger partial charge in [-0.1, -0.05) is 13.8 Å². The zero-order valence-corrected chi connectivity index (χ0v) is 10.2. The Labute approximate surface area is 101 Å². The summed E-state index contributed by atoms with van der Waals surface area (Å²) in [7, 11) is 0. The number of hydrogen-bond acceptors (Lipinski definition) is 3.